The lowest BCUT2D eigenvalue weighted by molar-refractivity contribution is 0.379. The normalized spacial score (nSPS) is 36.3. The Morgan fingerprint density at radius 3 is 2.80 bits per heavy atom. The van der Waals surface area contributed by atoms with Crippen molar-refractivity contribution in [1.29, 1.82) is 0 Å². The van der Waals surface area contributed by atoms with Gasteiger partial charge in [-0.05, 0) is 18.9 Å². The highest BCUT2D eigenvalue weighted by molar-refractivity contribution is 4.89. The molecule has 0 spiro atoms. The van der Waals surface area contributed by atoms with E-state index in [4.69, 9.17) is 5.73 Å². The highest BCUT2D eigenvalue weighted by Crippen LogP contribution is 2.15. The molecule has 0 radical (unpaired) electrons. The van der Waals surface area contributed by atoms with Crippen molar-refractivity contribution in [3.63, 3.8) is 0 Å². The van der Waals surface area contributed by atoms with Crippen molar-refractivity contribution >= 4 is 0 Å². The average Bonchev–Trinajstić information content (AvgIpc) is 2.34. The van der Waals surface area contributed by atoms with Crippen molar-refractivity contribution < 1.29 is 0 Å². The van der Waals surface area contributed by atoms with Crippen molar-refractivity contribution in [2.75, 3.05) is 6.54 Å². The van der Waals surface area contributed by atoms with Gasteiger partial charge in [0.05, 0.1) is 0 Å². The van der Waals surface area contributed by atoms with E-state index in [0.29, 0.717) is 12.1 Å². The zero-order valence-electron chi connectivity index (χ0n) is 6.93. The zero-order chi connectivity index (χ0) is 7.56. The lowest BCUT2D eigenvalue weighted by atomic mass is 9.95. The van der Waals surface area contributed by atoms with Gasteiger partial charge in [0.2, 0.25) is 0 Å². The van der Waals surface area contributed by atoms with Gasteiger partial charge in [0, 0.05) is 12.1 Å². The third-order valence-corrected chi connectivity index (χ3v) is 2.58. The van der Waals surface area contributed by atoms with E-state index in [2.05, 4.69) is 19.2 Å². The van der Waals surface area contributed by atoms with Crippen LogP contribution in [0.4, 0.5) is 0 Å². The first-order valence-corrected chi connectivity index (χ1v) is 4.24. The third kappa shape index (κ3) is 1.50. The highest BCUT2D eigenvalue weighted by atomic mass is 15.0. The van der Waals surface area contributed by atoms with Crippen LogP contribution >= 0.6 is 0 Å². The average molecular weight is 142 g/mol. The molecule has 1 aliphatic heterocycles. The molecule has 2 nitrogen and oxygen atoms in total. The molecule has 1 fully saturated rings. The van der Waals surface area contributed by atoms with E-state index < -0.39 is 0 Å². The summed E-state index contributed by atoms with van der Waals surface area (Å²) in [7, 11) is 0. The largest absolute Gasteiger partial charge is 0.326 e. The van der Waals surface area contributed by atoms with Gasteiger partial charge in [-0.15, -0.1) is 0 Å². The van der Waals surface area contributed by atoms with Crippen molar-refractivity contribution in [2.24, 2.45) is 11.7 Å². The van der Waals surface area contributed by atoms with E-state index in [1.807, 2.05) is 0 Å². The Labute approximate surface area is 63.2 Å². The Bertz CT molecular complexity index is 103. The van der Waals surface area contributed by atoms with E-state index in [-0.39, 0.29) is 0 Å². The van der Waals surface area contributed by atoms with Gasteiger partial charge < -0.3 is 11.1 Å². The molecule has 1 rings (SSSR count). The molecular formula is C8H18N2. The summed E-state index contributed by atoms with van der Waals surface area (Å²) >= 11 is 0. The van der Waals surface area contributed by atoms with Gasteiger partial charge in [-0.1, -0.05) is 20.3 Å². The summed E-state index contributed by atoms with van der Waals surface area (Å²) in [6.07, 6.45) is 2.38. The van der Waals surface area contributed by atoms with Gasteiger partial charge >= 0.3 is 0 Å². The van der Waals surface area contributed by atoms with E-state index in [1.54, 1.807) is 0 Å². The van der Waals surface area contributed by atoms with Crippen LogP contribution in [-0.4, -0.2) is 18.6 Å². The summed E-state index contributed by atoms with van der Waals surface area (Å²) in [5, 5.41) is 3.43. The minimum atomic E-state index is 0.398. The Balaban J connectivity index is 2.38. The predicted molar refractivity (Wildman–Crippen MR) is 43.8 cm³/mol. The smallest absolute Gasteiger partial charge is 0.0245 e. The van der Waals surface area contributed by atoms with Crippen LogP contribution in [-0.2, 0) is 0 Å². The molecule has 3 N–H and O–H groups in total. The standard InChI is InChI=1S/C8H18N2/c1-3-6(2)8-7(9)4-5-10-8/h6-8,10H,3-5,9H2,1-2H3. The van der Waals surface area contributed by atoms with Crippen LogP contribution in [0.3, 0.4) is 0 Å². The maximum absolute atomic E-state index is 5.89. The van der Waals surface area contributed by atoms with E-state index in [0.717, 1.165) is 18.9 Å². The first-order chi connectivity index (χ1) is 4.75. The van der Waals surface area contributed by atoms with Gasteiger partial charge in [-0.3, -0.25) is 0 Å². The topological polar surface area (TPSA) is 38.0 Å². The monoisotopic (exact) mass is 142 g/mol. The molecule has 1 heterocycles. The highest BCUT2D eigenvalue weighted by Gasteiger charge is 2.26. The lowest BCUT2D eigenvalue weighted by Crippen LogP contribution is -2.41. The Morgan fingerprint density at radius 2 is 2.40 bits per heavy atom. The fourth-order valence-corrected chi connectivity index (χ4v) is 1.62. The molecule has 0 aromatic heterocycles. The lowest BCUT2D eigenvalue weighted by Gasteiger charge is -2.21. The Hall–Kier alpha value is -0.0800. The van der Waals surface area contributed by atoms with E-state index in [1.165, 1.54) is 6.42 Å². The summed E-state index contributed by atoms with van der Waals surface area (Å²) < 4.78 is 0. The predicted octanol–water partition coefficient (Wildman–Crippen LogP) is 0.722. The minimum absolute atomic E-state index is 0.398. The van der Waals surface area contributed by atoms with Gasteiger partial charge in [0.1, 0.15) is 0 Å². The van der Waals surface area contributed by atoms with Gasteiger partial charge in [0.15, 0.2) is 0 Å². The minimum Gasteiger partial charge on any atom is -0.326 e. The second-order valence-electron chi connectivity index (χ2n) is 3.32. The molecule has 3 unspecified atom stereocenters. The molecular weight excluding hydrogens is 124 g/mol. The summed E-state index contributed by atoms with van der Waals surface area (Å²) in [6.45, 7) is 5.59. The number of nitrogens with one attached hydrogen (secondary N) is 1. The maximum atomic E-state index is 5.89. The maximum Gasteiger partial charge on any atom is 0.0245 e. The molecule has 3 atom stereocenters. The first kappa shape index (κ1) is 8.02. The van der Waals surface area contributed by atoms with Crippen LogP contribution in [0.1, 0.15) is 26.7 Å². The molecule has 0 amide bonds. The van der Waals surface area contributed by atoms with Crippen LogP contribution in [0.25, 0.3) is 0 Å². The van der Waals surface area contributed by atoms with Crippen molar-refractivity contribution in [3.8, 4) is 0 Å². The number of hydrogen-bond acceptors (Lipinski definition) is 2. The fraction of sp³-hybridized carbons (Fsp3) is 1.00. The second kappa shape index (κ2) is 3.35. The van der Waals surface area contributed by atoms with Crippen LogP contribution < -0.4 is 11.1 Å². The SMILES string of the molecule is CCC(C)C1NCCC1N. The number of rotatable bonds is 2. The van der Waals surface area contributed by atoms with Crippen LogP contribution in [0.2, 0.25) is 0 Å². The van der Waals surface area contributed by atoms with Gasteiger partial charge in [-0.2, -0.15) is 0 Å². The molecule has 0 bridgehead atoms. The third-order valence-electron chi connectivity index (χ3n) is 2.58. The summed E-state index contributed by atoms with van der Waals surface area (Å²) in [6, 6.07) is 0.972. The van der Waals surface area contributed by atoms with Crippen molar-refractivity contribution in [2.45, 2.75) is 38.8 Å². The fourth-order valence-electron chi connectivity index (χ4n) is 1.62. The summed E-state index contributed by atoms with van der Waals surface area (Å²) in [5.74, 6) is 0.734. The molecule has 60 valence electrons. The first-order valence-electron chi connectivity index (χ1n) is 4.24. The Morgan fingerprint density at radius 1 is 1.70 bits per heavy atom. The zero-order valence-corrected chi connectivity index (χ0v) is 6.93. The van der Waals surface area contributed by atoms with E-state index >= 15 is 0 Å². The van der Waals surface area contributed by atoms with Gasteiger partial charge in [0.25, 0.3) is 0 Å². The molecule has 1 aliphatic rings. The Kier molecular flexibility index (Phi) is 2.69. The number of hydrogen-bond donors (Lipinski definition) is 2. The number of nitrogens with two attached hydrogens (primary N) is 1. The molecule has 0 saturated carbocycles. The molecule has 0 aromatic rings. The van der Waals surface area contributed by atoms with E-state index in [9.17, 15) is 0 Å². The van der Waals surface area contributed by atoms with Gasteiger partial charge in [-0.25, -0.2) is 0 Å². The van der Waals surface area contributed by atoms with Crippen molar-refractivity contribution in [3.05, 3.63) is 0 Å². The second-order valence-corrected chi connectivity index (χ2v) is 3.32. The molecule has 0 aromatic carbocycles. The van der Waals surface area contributed by atoms with Crippen LogP contribution in [0, 0.1) is 5.92 Å². The van der Waals surface area contributed by atoms with Crippen LogP contribution in [0.5, 0.6) is 0 Å². The molecule has 10 heavy (non-hydrogen) atoms. The molecule has 2 heteroatoms. The summed E-state index contributed by atoms with van der Waals surface area (Å²) in [4.78, 5) is 0. The molecule has 1 saturated heterocycles. The summed E-state index contributed by atoms with van der Waals surface area (Å²) in [5.41, 5.74) is 5.89. The molecule has 0 aliphatic carbocycles. The van der Waals surface area contributed by atoms with Crippen molar-refractivity contribution in [1.82, 2.24) is 5.32 Å². The quantitative estimate of drug-likeness (QED) is 0.596. The van der Waals surface area contributed by atoms with Crippen LogP contribution in [0.15, 0.2) is 0 Å².